The Hall–Kier alpha value is -1.89. The monoisotopic (exact) mass is 415 g/mol. The summed E-state index contributed by atoms with van der Waals surface area (Å²) >= 11 is 1.86. The minimum absolute atomic E-state index is 0.320. The number of thiophene rings is 1. The van der Waals surface area contributed by atoms with Gasteiger partial charge in [0.05, 0.1) is 25.8 Å². The summed E-state index contributed by atoms with van der Waals surface area (Å²) < 4.78 is 11.4. The van der Waals surface area contributed by atoms with Crippen molar-refractivity contribution in [2.75, 3.05) is 19.8 Å². The molecule has 6 heteroatoms. The first kappa shape index (κ1) is 21.8. The minimum atomic E-state index is 0.320. The summed E-state index contributed by atoms with van der Waals surface area (Å²) in [6.07, 6.45) is 3.39. The van der Waals surface area contributed by atoms with Crippen molar-refractivity contribution in [3.63, 3.8) is 0 Å². The van der Waals surface area contributed by atoms with Gasteiger partial charge in [-0.25, -0.2) is 4.99 Å². The maximum Gasteiger partial charge on any atom is 0.191 e. The molecular weight excluding hydrogens is 382 g/mol. The Morgan fingerprint density at radius 2 is 1.90 bits per heavy atom. The average molecular weight is 416 g/mol. The van der Waals surface area contributed by atoms with Crippen molar-refractivity contribution in [2.45, 2.75) is 58.9 Å². The summed E-state index contributed by atoms with van der Waals surface area (Å²) in [6, 6.07) is 12.9. The highest BCUT2D eigenvalue weighted by Crippen LogP contribution is 2.17. The second-order valence-electron chi connectivity index (χ2n) is 7.21. The number of aliphatic imine (C=N–C) groups is 1. The summed E-state index contributed by atoms with van der Waals surface area (Å²) in [6.45, 7) is 8.84. The van der Waals surface area contributed by atoms with E-state index in [1.165, 1.54) is 20.9 Å². The first-order valence-electron chi connectivity index (χ1n) is 10.6. The van der Waals surface area contributed by atoms with E-state index in [0.717, 1.165) is 51.5 Å². The van der Waals surface area contributed by atoms with Crippen LogP contribution in [-0.2, 0) is 35.6 Å². The molecule has 1 aromatic heterocycles. The minimum Gasteiger partial charge on any atom is -0.381 e. The van der Waals surface area contributed by atoms with Gasteiger partial charge < -0.3 is 20.1 Å². The van der Waals surface area contributed by atoms with Gasteiger partial charge in [-0.15, -0.1) is 11.3 Å². The molecule has 0 bridgehead atoms. The van der Waals surface area contributed by atoms with Crippen LogP contribution in [-0.4, -0.2) is 31.8 Å². The molecule has 1 fully saturated rings. The Kier molecular flexibility index (Phi) is 8.99. The lowest BCUT2D eigenvalue weighted by molar-refractivity contribution is -0.0390. The molecular formula is C23H33N3O2S. The number of guanidine groups is 1. The Balaban J connectivity index is 1.52. The molecule has 0 spiro atoms. The third-order valence-corrected chi connectivity index (χ3v) is 6.13. The predicted octanol–water partition coefficient (Wildman–Crippen LogP) is 4.26. The standard InChI is InChI=1S/C23H33N3O2S/c1-3-21-8-9-22(29-21)16-26-23(24-4-2)25-15-18-6-5-7-19(14-18)17-28-20-10-12-27-13-11-20/h5-9,14,20H,3-4,10-13,15-17H2,1-2H3,(H2,24,25,26). The number of hydrogen-bond acceptors (Lipinski definition) is 4. The smallest absolute Gasteiger partial charge is 0.191 e. The van der Waals surface area contributed by atoms with Crippen molar-refractivity contribution in [3.05, 3.63) is 57.3 Å². The van der Waals surface area contributed by atoms with E-state index in [0.29, 0.717) is 19.3 Å². The van der Waals surface area contributed by atoms with Gasteiger partial charge in [0, 0.05) is 29.5 Å². The first-order chi connectivity index (χ1) is 14.3. The molecule has 1 saturated heterocycles. The normalized spacial score (nSPS) is 15.4. The van der Waals surface area contributed by atoms with Crippen molar-refractivity contribution >= 4 is 17.3 Å². The van der Waals surface area contributed by atoms with Crippen LogP contribution in [0.4, 0.5) is 0 Å². The highest BCUT2D eigenvalue weighted by Gasteiger charge is 2.14. The largest absolute Gasteiger partial charge is 0.381 e. The average Bonchev–Trinajstić information content (AvgIpc) is 3.23. The molecule has 1 aromatic carbocycles. The Labute approximate surface area is 178 Å². The number of nitrogens with zero attached hydrogens (tertiary/aromatic N) is 1. The van der Waals surface area contributed by atoms with E-state index >= 15 is 0 Å². The number of ether oxygens (including phenoxy) is 2. The third-order valence-electron chi connectivity index (χ3n) is 4.91. The highest BCUT2D eigenvalue weighted by atomic mass is 32.1. The van der Waals surface area contributed by atoms with Gasteiger partial charge in [-0.05, 0) is 49.4 Å². The third kappa shape index (κ3) is 7.46. The van der Waals surface area contributed by atoms with Crippen molar-refractivity contribution in [2.24, 2.45) is 4.99 Å². The van der Waals surface area contributed by atoms with Gasteiger partial charge in [0.1, 0.15) is 0 Å². The second-order valence-corrected chi connectivity index (χ2v) is 8.47. The number of aryl methyl sites for hydroxylation is 1. The Bertz CT molecular complexity index is 769. The van der Waals surface area contributed by atoms with Crippen molar-refractivity contribution < 1.29 is 9.47 Å². The molecule has 0 aliphatic carbocycles. The zero-order valence-electron chi connectivity index (χ0n) is 17.6. The van der Waals surface area contributed by atoms with E-state index < -0.39 is 0 Å². The highest BCUT2D eigenvalue weighted by molar-refractivity contribution is 7.11. The van der Waals surface area contributed by atoms with Gasteiger partial charge in [0.15, 0.2) is 5.96 Å². The first-order valence-corrected chi connectivity index (χ1v) is 11.5. The molecule has 2 N–H and O–H groups in total. The van der Waals surface area contributed by atoms with E-state index in [2.05, 4.69) is 60.9 Å². The van der Waals surface area contributed by atoms with Crippen LogP contribution >= 0.6 is 11.3 Å². The molecule has 0 saturated carbocycles. The molecule has 0 amide bonds. The maximum absolute atomic E-state index is 6.05. The summed E-state index contributed by atoms with van der Waals surface area (Å²) in [5.41, 5.74) is 2.40. The zero-order valence-corrected chi connectivity index (χ0v) is 18.4. The second kappa shape index (κ2) is 12.0. The van der Waals surface area contributed by atoms with Crippen molar-refractivity contribution in [1.82, 2.24) is 10.6 Å². The van der Waals surface area contributed by atoms with E-state index in [4.69, 9.17) is 14.5 Å². The molecule has 0 radical (unpaired) electrons. The molecule has 158 valence electrons. The van der Waals surface area contributed by atoms with E-state index in [1.54, 1.807) is 0 Å². The van der Waals surface area contributed by atoms with Crippen LogP contribution in [0.15, 0.2) is 41.4 Å². The molecule has 1 aliphatic rings. The topological polar surface area (TPSA) is 54.9 Å². The van der Waals surface area contributed by atoms with E-state index in [1.807, 2.05) is 11.3 Å². The number of benzene rings is 1. The molecule has 5 nitrogen and oxygen atoms in total. The maximum atomic E-state index is 6.05. The Morgan fingerprint density at radius 3 is 2.66 bits per heavy atom. The predicted molar refractivity (Wildman–Crippen MR) is 120 cm³/mol. The lowest BCUT2D eigenvalue weighted by Gasteiger charge is -2.22. The molecule has 29 heavy (non-hydrogen) atoms. The van der Waals surface area contributed by atoms with E-state index in [-0.39, 0.29) is 0 Å². The van der Waals surface area contributed by atoms with Crippen LogP contribution in [0, 0.1) is 0 Å². The van der Waals surface area contributed by atoms with Gasteiger partial charge in [0.25, 0.3) is 0 Å². The molecule has 2 aromatic rings. The number of hydrogen-bond donors (Lipinski definition) is 2. The fourth-order valence-corrected chi connectivity index (χ4v) is 4.16. The van der Waals surface area contributed by atoms with Crippen LogP contribution in [0.2, 0.25) is 0 Å². The molecule has 0 unspecified atom stereocenters. The van der Waals surface area contributed by atoms with Gasteiger partial charge in [-0.2, -0.15) is 0 Å². The summed E-state index contributed by atoms with van der Waals surface area (Å²) in [4.78, 5) is 7.51. The summed E-state index contributed by atoms with van der Waals surface area (Å²) in [5, 5.41) is 6.77. The van der Waals surface area contributed by atoms with Crippen molar-refractivity contribution in [1.29, 1.82) is 0 Å². The fourth-order valence-electron chi connectivity index (χ4n) is 3.26. The van der Waals surface area contributed by atoms with Crippen LogP contribution in [0.1, 0.15) is 47.6 Å². The van der Waals surface area contributed by atoms with Crippen LogP contribution < -0.4 is 10.6 Å². The fraction of sp³-hybridized carbons (Fsp3) is 0.522. The molecule has 1 aliphatic heterocycles. The lowest BCUT2D eigenvalue weighted by Crippen LogP contribution is -2.36. The van der Waals surface area contributed by atoms with Gasteiger partial charge in [-0.1, -0.05) is 31.2 Å². The SMILES string of the molecule is CCNC(=NCc1cccc(COC2CCOCC2)c1)NCc1ccc(CC)s1. The van der Waals surface area contributed by atoms with Crippen molar-refractivity contribution in [3.8, 4) is 0 Å². The lowest BCUT2D eigenvalue weighted by atomic mass is 10.1. The van der Waals surface area contributed by atoms with E-state index in [9.17, 15) is 0 Å². The van der Waals surface area contributed by atoms with Gasteiger partial charge >= 0.3 is 0 Å². The molecule has 0 atom stereocenters. The van der Waals surface area contributed by atoms with Crippen LogP contribution in [0.3, 0.4) is 0 Å². The zero-order chi connectivity index (χ0) is 20.3. The molecule has 3 rings (SSSR count). The summed E-state index contributed by atoms with van der Waals surface area (Å²) in [5.74, 6) is 0.850. The van der Waals surface area contributed by atoms with Gasteiger partial charge in [-0.3, -0.25) is 0 Å². The van der Waals surface area contributed by atoms with Crippen LogP contribution in [0.25, 0.3) is 0 Å². The van der Waals surface area contributed by atoms with Gasteiger partial charge in [0.2, 0.25) is 0 Å². The quantitative estimate of drug-likeness (QED) is 0.475. The summed E-state index contributed by atoms with van der Waals surface area (Å²) in [7, 11) is 0. The Morgan fingerprint density at radius 1 is 1.10 bits per heavy atom. The number of rotatable bonds is 9. The number of nitrogens with one attached hydrogen (secondary N) is 2. The van der Waals surface area contributed by atoms with Crippen LogP contribution in [0.5, 0.6) is 0 Å². The molecule has 2 heterocycles.